The van der Waals surface area contributed by atoms with Crippen molar-refractivity contribution in [3.05, 3.63) is 0 Å². The summed E-state index contributed by atoms with van der Waals surface area (Å²) < 4.78 is 5.27. The largest absolute Gasteiger partial charge is 0.381 e. The Kier molecular flexibility index (Phi) is 4.58. The second kappa shape index (κ2) is 6.41. The number of likely N-dealkylation sites (tertiary alicyclic amines) is 1. The summed E-state index contributed by atoms with van der Waals surface area (Å²) in [7, 11) is 1.75. The van der Waals surface area contributed by atoms with Gasteiger partial charge in [-0.2, -0.15) is 0 Å². The molecule has 0 aromatic rings. The van der Waals surface area contributed by atoms with Gasteiger partial charge in [0.15, 0.2) is 0 Å². The maximum Gasteiger partial charge on any atom is 0.237 e. The van der Waals surface area contributed by atoms with E-state index in [-0.39, 0.29) is 11.9 Å². The maximum atomic E-state index is 12.5. The van der Waals surface area contributed by atoms with Gasteiger partial charge in [-0.1, -0.05) is 0 Å². The Bertz CT molecular complexity index is 338. The molecule has 0 bridgehead atoms. The van der Waals surface area contributed by atoms with Crippen LogP contribution in [0.4, 0.5) is 0 Å². The van der Waals surface area contributed by atoms with Crippen LogP contribution in [-0.2, 0) is 9.53 Å². The number of hydrogen-bond acceptors (Lipinski definition) is 4. The molecule has 0 aromatic carbocycles. The second-order valence-corrected chi connectivity index (χ2v) is 6.41. The average molecular weight is 281 g/mol. The fourth-order valence-corrected chi connectivity index (χ4v) is 3.82. The minimum atomic E-state index is 0.111. The smallest absolute Gasteiger partial charge is 0.237 e. The number of nitrogens with one attached hydrogen (secondary N) is 2. The molecule has 5 nitrogen and oxygen atoms in total. The Morgan fingerprint density at radius 2 is 2.00 bits per heavy atom. The fraction of sp³-hybridized carbons (Fsp3) is 0.933. The lowest BCUT2D eigenvalue weighted by Gasteiger charge is -2.38. The van der Waals surface area contributed by atoms with Gasteiger partial charge < -0.3 is 15.4 Å². The van der Waals surface area contributed by atoms with Crippen LogP contribution in [-0.4, -0.2) is 61.8 Å². The molecule has 0 spiro atoms. The van der Waals surface area contributed by atoms with Crippen molar-refractivity contribution in [2.24, 2.45) is 0 Å². The van der Waals surface area contributed by atoms with E-state index in [1.807, 2.05) is 0 Å². The molecule has 2 N–H and O–H groups in total. The quantitative estimate of drug-likeness (QED) is 0.788. The topological polar surface area (TPSA) is 53.6 Å². The number of amides is 1. The van der Waals surface area contributed by atoms with E-state index < -0.39 is 0 Å². The normalized spacial score (nSPS) is 35.8. The monoisotopic (exact) mass is 281 g/mol. The third-order valence-electron chi connectivity index (χ3n) is 5.15. The van der Waals surface area contributed by atoms with Crippen LogP contribution in [0.25, 0.3) is 0 Å². The molecule has 1 aliphatic carbocycles. The van der Waals surface area contributed by atoms with Gasteiger partial charge >= 0.3 is 0 Å². The summed E-state index contributed by atoms with van der Waals surface area (Å²) in [6, 6.07) is 1.05. The van der Waals surface area contributed by atoms with Crippen molar-refractivity contribution in [2.75, 3.05) is 26.7 Å². The minimum Gasteiger partial charge on any atom is -0.381 e. The third-order valence-corrected chi connectivity index (χ3v) is 5.15. The lowest BCUT2D eigenvalue weighted by Crippen LogP contribution is -2.55. The fourth-order valence-electron chi connectivity index (χ4n) is 3.82. The Morgan fingerprint density at radius 1 is 1.25 bits per heavy atom. The number of nitrogens with zero attached hydrogens (tertiary/aromatic N) is 1. The van der Waals surface area contributed by atoms with Crippen LogP contribution in [0.15, 0.2) is 0 Å². The first-order chi connectivity index (χ1) is 9.78. The zero-order valence-electron chi connectivity index (χ0n) is 12.4. The van der Waals surface area contributed by atoms with Crippen molar-refractivity contribution in [3.63, 3.8) is 0 Å². The molecule has 3 rings (SSSR count). The van der Waals surface area contributed by atoms with Crippen LogP contribution in [0, 0.1) is 0 Å². The molecule has 3 aliphatic rings. The van der Waals surface area contributed by atoms with Crippen molar-refractivity contribution in [1.29, 1.82) is 0 Å². The van der Waals surface area contributed by atoms with Gasteiger partial charge in [0.05, 0.1) is 12.1 Å². The van der Waals surface area contributed by atoms with Crippen LogP contribution >= 0.6 is 0 Å². The van der Waals surface area contributed by atoms with Gasteiger partial charge in [-0.25, -0.2) is 0 Å². The molecule has 0 aromatic heterocycles. The number of methoxy groups -OCH3 is 1. The molecular formula is C15H27N3O2. The second-order valence-electron chi connectivity index (χ2n) is 6.41. The Morgan fingerprint density at radius 3 is 2.70 bits per heavy atom. The predicted molar refractivity (Wildman–Crippen MR) is 77.6 cm³/mol. The van der Waals surface area contributed by atoms with Crippen molar-refractivity contribution in [2.45, 2.75) is 62.8 Å². The molecule has 114 valence electrons. The molecular weight excluding hydrogens is 254 g/mol. The van der Waals surface area contributed by atoms with Gasteiger partial charge in [0.2, 0.25) is 5.91 Å². The summed E-state index contributed by atoms with van der Waals surface area (Å²) in [5.74, 6) is 0.251. The predicted octanol–water partition coefficient (Wildman–Crippen LogP) is 0.496. The minimum absolute atomic E-state index is 0.111. The van der Waals surface area contributed by atoms with Gasteiger partial charge in [-0.3, -0.25) is 9.69 Å². The molecule has 1 saturated carbocycles. The zero-order valence-corrected chi connectivity index (χ0v) is 12.4. The Hall–Kier alpha value is -0.650. The average Bonchev–Trinajstić information content (AvgIpc) is 2.92. The lowest BCUT2D eigenvalue weighted by molar-refractivity contribution is -0.128. The van der Waals surface area contributed by atoms with E-state index in [0.717, 1.165) is 45.3 Å². The number of carbonyl (C=O) groups is 1. The van der Waals surface area contributed by atoms with E-state index in [9.17, 15) is 4.79 Å². The third kappa shape index (κ3) is 3.00. The zero-order chi connectivity index (χ0) is 13.9. The summed E-state index contributed by atoms with van der Waals surface area (Å²) in [5, 5.41) is 6.62. The van der Waals surface area contributed by atoms with E-state index >= 15 is 0 Å². The number of carbonyl (C=O) groups excluding carboxylic acids is 1. The van der Waals surface area contributed by atoms with Crippen LogP contribution < -0.4 is 10.6 Å². The first-order valence-electron chi connectivity index (χ1n) is 8.07. The maximum absolute atomic E-state index is 12.5. The van der Waals surface area contributed by atoms with Gasteiger partial charge in [0.25, 0.3) is 0 Å². The standard InChI is InChI=1S/C15H27N3O2/c1-20-13-9-11(10-13)17-15(19)14-3-2-8-18(14)12-4-6-16-7-5-12/h11-14,16H,2-10H2,1H3,(H,17,19). The first-order valence-corrected chi connectivity index (χ1v) is 8.07. The summed E-state index contributed by atoms with van der Waals surface area (Å²) >= 11 is 0. The molecule has 1 atom stereocenters. The molecule has 0 radical (unpaired) electrons. The molecule has 1 amide bonds. The number of rotatable bonds is 4. The highest BCUT2D eigenvalue weighted by atomic mass is 16.5. The number of piperidine rings is 1. The van der Waals surface area contributed by atoms with E-state index in [1.54, 1.807) is 7.11 Å². The first kappa shape index (κ1) is 14.3. The Labute approximate surface area is 121 Å². The van der Waals surface area contributed by atoms with Gasteiger partial charge in [-0.15, -0.1) is 0 Å². The van der Waals surface area contributed by atoms with Crippen LogP contribution in [0.5, 0.6) is 0 Å². The number of hydrogen-bond donors (Lipinski definition) is 2. The van der Waals surface area contributed by atoms with Crippen molar-refractivity contribution < 1.29 is 9.53 Å². The highest BCUT2D eigenvalue weighted by molar-refractivity contribution is 5.82. The van der Waals surface area contributed by atoms with E-state index in [4.69, 9.17) is 4.74 Å². The lowest BCUT2D eigenvalue weighted by atomic mass is 9.89. The summed E-state index contributed by atoms with van der Waals surface area (Å²) in [4.78, 5) is 14.9. The summed E-state index contributed by atoms with van der Waals surface area (Å²) in [6.45, 7) is 3.27. The molecule has 2 saturated heterocycles. The molecule has 20 heavy (non-hydrogen) atoms. The highest BCUT2D eigenvalue weighted by Gasteiger charge is 2.38. The van der Waals surface area contributed by atoms with Crippen molar-refractivity contribution in [1.82, 2.24) is 15.5 Å². The molecule has 1 unspecified atom stereocenters. The van der Waals surface area contributed by atoms with E-state index in [1.165, 1.54) is 12.8 Å². The molecule has 3 fully saturated rings. The van der Waals surface area contributed by atoms with Crippen LogP contribution in [0.3, 0.4) is 0 Å². The SMILES string of the molecule is COC1CC(NC(=O)C2CCCN2C2CCNCC2)C1. The highest BCUT2D eigenvalue weighted by Crippen LogP contribution is 2.27. The van der Waals surface area contributed by atoms with E-state index in [0.29, 0.717) is 18.2 Å². The summed E-state index contributed by atoms with van der Waals surface area (Å²) in [5.41, 5.74) is 0. The Balaban J connectivity index is 1.51. The molecule has 5 heteroatoms. The van der Waals surface area contributed by atoms with Gasteiger partial charge in [-0.05, 0) is 58.2 Å². The molecule has 2 heterocycles. The van der Waals surface area contributed by atoms with Crippen LogP contribution in [0.2, 0.25) is 0 Å². The number of ether oxygens (including phenoxy) is 1. The van der Waals surface area contributed by atoms with Crippen molar-refractivity contribution in [3.8, 4) is 0 Å². The van der Waals surface area contributed by atoms with E-state index in [2.05, 4.69) is 15.5 Å². The van der Waals surface area contributed by atoms with Gasteiger partial charge in [0.1, 0.15) is 0 Å². The molecule has 2 aliphatic heterocycles. The van der Waals surface area contributed by atoms with Gasteiger partial charge in [0, 0.05) is 19.2 Å². The summed E-state index contributed by atoms with van der Waals surface area (Å²) in [6.07, 6.45) is 6.84. The van der Waals surface area contributed by atoms with Crippen molar-refractivity contribution >= 4 is 5.91 Å². The van der Waals surface area contributed by atoms with Crippen LogP contribution in [0.1, 0.15) is 38.5 Å².